The second-order valence-electron chi connectivity index (χ2n) is 14.7. The zero-order valence-corrected chi connectivity index (χ0v) is 35.7. The third kappa shape index (κ3) is 10.3. The molecule has 1 amide bonds. The highest BCUT2D eigenvalue weighted by Crippen LogP contribution is 2.51. The summed E-state index contributed by atoms with van der Waals surface area (Å²) in [6.07, 6.45) is -0.174. The van der Waals surface area contributed by atoms with Crippen molar-refractivity contribution in [3.63, 3.8) is 0 Å². The van der Waals surface area contributed by atoms with Crippen LogP contribution in [0.4, 0.5) is 5.82 Å². The standard InChI is InChI=1S/C46H52N5O8P/c1-32(2)51(33(3)4)60(57-29-13-27-47)59-41-30-40(58-44(41)50-28-26-42(49-45(50)53)48-43(52)34-14-9-7-10-15-34)31-56-46(35-16-11-8-12-17-35,36-18-22-38(54-5)23-19-36)37-20-24-39(55-6)25-21-37/h7-12,14-26,28,32-33,40-41,44H,13,29-31H2,1-6H3,(H,48,49,52,53). The minimum Gasteiger partial charge on any atom is -0.497 e. The molecule has 1 aromatic heterocycles. The molecule has 1 N–H and O–H groups in total. The third-order valence-electron chi connectivity index (χ3n) is 10.1. The molecule has 5 aromatic rings. The molecule has 314 valence electrons. The van der Waals surface area contributed by atoms with E-state index in [1.165, 1.54) is 4.57 Å². The van der Waals surface area contributed by atoms with Gasteiger partial charge >= 0.3 is 5.69 Å². The SMILES string of the molecule is COc1ccc(C(OCC2CC(OP(OCCC#N)N(C(C)C)C(C)C)C(n3ccc(NC(=O)c4ccccc4)nc3=O)O2)(c2ccccc2)c2ccc(OC)cc2)cc1. The number of ether oxygens (including phenoxy) is 4. The number of nitrogens with one attached hydrogen (secondary N) is 1. The summed E-state index contributed by atoms with van der Waals surface area (Å²) in [4.78, 5) is 31.0. The van der Waals surface area contributed by atoms with Crippen LogP contribution in [0.2, 0.25) is 0 Å². The van der Waals surface area contributed by atoms with Crippen molar-refractivity contribution in [2.75, 3.05) is 32.8 Å². The molecule has 1 aliphatic rings. The minimum atomic E-state index is -1.72. The quantitative estimate of drug-likeness (QED) is 0.0486. The summed E-state index contributed by atoms with van der Waals surface area (Å²) in [6, 6.07) is 38.0. The fraction of sp³-hybridized carbons (Fsp3) is 0.348. The van der Waals surface area contributed by atoms with Crippen LogP contribution < -0.4 is 20.5 Å². The Kier molecular flexibility index (Phi) is 15.2. The maximum atomic E-state index is 13.9. The van der Waals surface area contributed by atoms with Crippen molar-refractivity contribution in [1.82, 2.24) is 14.2 Å². The summed E-state index contributed by atoms with van der Waals surface area (Å²) in [5.74, 6) is 1.11. The Morgan fingerprint density at radius 2 is 1.45 bits per heavy atom. The lowest BCUT2D eigenvalue weighted by Crippen LogP contribution is -2.37. The van der Waals surface area contributed by atoms with Gasteiger partial charge in [-0.2, -0.15) is 10.2 Å². The highest BCUT2D eigenvalue weighted by Gasteiger charge is 2.45. The van der Waals surface area contributed by atoms with Gasteiger partial charge in [0.1, 0.15) is 29.0 Å². The molecule has 0 aliphatic carbocycles. The highest BCUT2D eigenvalue weighted by molar-refractivity contribution is 7.44. The van der Waals surface area contributed by atoms with Crippen LogP contribution in [0.3, 0.4) is 0 Å². The van der Waals surface area contributed by atoms with E-state index in [1.807, 2.05) is 84.9 Å². The molecule has 1 saturated heterocycles. The number of carbonyl (C=O) groups excluding carboxylic acids is 1. The van der Waals surface area contributed by atoms with Crippen molar-refractivity contribution in [2.24, 2.45) is 0 Å². The molecule has 0 radical (unpaired) electrons. The van der Waals surface area contributed by atoms with Crippen molar-refractivity contribution in [2.45, 2.75) is 76.7 Å². The summed E-state index contributed by atoms with van der Waals surface area (Å²) in [5.41, 5.74) is 1.27. The van der Waals surface area contributed by atoms with Crippen LogP contribution in [0.15, 0.2) is 126 Å². The highest BCUT2D eigenvalue weighted by atomic mass is 31.2. The first-order chi connectivity index (χ1) is 29.1. The maximum Gasteiger partial charge on any atom is 0.351 e. The van der Waals surface area contributed by atoms with Crippen LogP contribution in [0.1, 0.15) is 73.8 Å². The van der Waals surface area contributed by atoms with Crippen LogP contribution in [-0.2, 0) is 24.1 Å². The number of amides is 1. The molecule has 4 unspecified atom stereocenters. The molecular weight excluding hydrogens is 782 g/mol. The molecule has 0 saturated carbocycles. The first kappa shape index (κ1) is 44.1. The van der Waals surface area contributed by atoms with Crippen LogP contribution >= 0.6 is 8.53 Å². The van der Waals surface area contributed by atoms with E-state index in [1.54, 1.807) is 50.7 Å². The predicted octanol–water partition coefficient (Wildman–Crippen LogP) is 8.47. The monoisotopic (exact) mass is 833 g/mol. The molecule has 1 aliphatic heterocycles. The van der Waals surface area contributed by atoms with Gasteiger partial charge in [0.2, 0.25) is 0 Å². The average Bonchev–Trinajstić information content (AvgIpc) is 3.66. The van der Waals surface area contributed by atoms with Gasteiger partial charge in [0.25, 0.3) is 14.4 Å². The van der Waals surface area contributed by atoms with Crippen molar-refractivity contribution in [3.8, 4) is 17.6 Å². The second kappa shape index (κ2) is 20.7. The van der Waals surface area contributed by atoms with E-state index in [4.69, 9.17) is 28.0 Å². The Balaban J connectivity index is 1.37. The molecular formula is C46H52N5O8P. The van der Waals surface area contributed by atoms with Crippen molar-refractivity contribution >= 4 is 20.3 Å². The van der Waals surface area contributed by atoms with E-state index in [2.05, 4.69) is 48.7 Å². The van der Waals surface area contributed by atoms with E-state index in [0.29, 0.717) is 23.5 Å². The number of methoxy groups -OCH3 is 2. The Morgan fingerprint density at radius 3 is 1.98 bits per heavy atom. The number of rotatable bonds is 19. The number of carbonyl (C=O) groups is 1. The van der Waals surface area contributed by atoms with Gasteiger partial charge in [-0.15, -0.1) is 0 Å². The summed E-state index contributed by atoms with van der Waals surface area (Å²) in [5, 5.41) is 12.1. The van der Waals surface area contributed by atoms with Gasteiger partial charge in [0.15, 0.2) is 6.23 Å². The minimum absolute atomic E-state index is 0.0375. The summed E-state index contributed by atoms with van der Waals surface area (Å²) in [7, 11) is 1.54. The topological polar surface area (TPSA) is 146 Å². The van der Waals surface area contributed by atoms with Crippen LogP contribution in [0.5, 0.6) is 11.5 Å². The number of nitriles is 1. The van der Waals surface area contributed by atoms with Gasteiger partial charge < -0.3 is 33.3 Å². The number of anilines is 1. The zero-order chi connectivity index (χ0) is 42.6. The van der Waals surface area contributed by atoms with Crippen LogP contribution in [-0.4, -0.2) is 71.9 Å². The average molecular weight is 834 g/mol. The summed E-state index contributed by atoms with van der Waals surface area (Å²) in [6.45, 7) is 8.49. The lowest BCUT2D eigenvalue weighted by Gasteiger charge is -2.37. The third-order valence-corrected chi connectivity index (χ3v) is 12.2. The van der Waals surface area contributed by atoms with Gasteiger partial charge in [-0.25, -0.2) is 9.46 Å². The van der Waals surface area contributed by atoms with Crippen molar-refractivity contribution < 1.29 is 32.8 Å². The lowest BCUT2D eigenvalue weighted by atomic mass is 9.80. The number of hydrogen-bond acceptors (Lipinski definition) is 11. The molecule has 60 heavy (non-hydrogen) atoms. The van der Waals surface area contributed by atoms with E-state index >= 15 is 0 Å². The number of nitrogens with zero attached hydrogens (tertiary/aromatic N) is 4. The van der Waals surface area contributed by atoms with Gasteiger partial charge in [-0.3, -0.25) is 9.36 Å². The molecule has 1 fully saturated rings. The summed E-state index contributed by atoms with van der Waals surface area (Å²) < 4.78 is 41.7. The van der Waals surface area contributed by atoms with Gasteiger partial charge in [-0.1, -0.05) is 72.8 Å². The van der Waals surface area contributed by atoms with Gasteiger partial charge in [-0.05, 0) is 86.8 Å². The Labute approximate surface area is 352 Å². The number of aromatic nitrogens is 2. The zero-order valence-electron chi connectivity index (χ0n) is 34.8. The fourth-order valence-corrected chi connectivity index (χ4v) is 9.05. The largest absolute Gasteiger partial charge is 0.497 e. The molecule has 13 nitrogen and oxygen atoms in total. The van der Waals surface area contributed by atoms with E-state index in [9.17, 15) is 14.9 Å². The van der Waals surface area contributed by atoms with E-state index < -0.39 is 44.2 Å². The number of hydrogen-bond donors (Lipinski definition) is 1. The molecule has 4 atom stereocenters. The normalized spacial score (nSPS) is 17.1. The smallest absolute Gasteiger partial charge is 0.351 e. The molecule has 0 bridgehead atoms. The van der Waals surface area contributed by atoms with Crippen molar-refractivity contribution in [1.29, 1.82) is 5.26 Å². The molecule has 6 rings (SSSR count). The van der Waals surface area contributed by atoms with Gasteiger partial charge in [0.05, 0.1) is 46.0 Å². The Bertz CT molecular complexity index is 2180. The van der Waals surface area contributed by atoms with Crippen molar-refractivity contribution in [3.05, 3.63) is 154 Å². The number of benzene rings is 4. The fourth-order valence-electron chi connectivity index (χ4n) is 7.32. The van der Waals surface area contributed by atoms with Gasteiger partial charge in [0, 0.05) is 30.3 Å². The predicted molar refractivity (Wildman–Crippen MR) is 230 cm³/mol. The van der Waals surface area contributed by atoms with E-state index in [-0.39, 0.29) is 37.5 Å². The molecule has 2 heterocycles. The Morgan fingerprint density at radius 1 is 0.883 bits per heavy atom. The molecule has 0 spiro atoms. The maximum absolute atomic E-state index is 13.9. The van der Waals surface area contributed by atoms with Crippen LogP contribution in [0, 0.1) is 11.3 Å². The van der Waals surface area contributed by atoms with Crippen LogP contribution in [0.25, 0.3) is 0 Å². The summed E-state index contributed by atoms with van der Waals surface area (Å²) >= 11 is 0. The first-order valence-corrected chi connectivity index (χ1v) is 21.1. The van der Waals surface area contributed by atoms with E-state index in [0.717, 1.165) is 16.7 Å². The molecule has 4 aromatic carbocycles. The first-order valence-electron chi connectivity index (χ1n) is 19.9. The second-order valence-corrected chi connectivity index (χ2v) is 16.1. The molecule has 14 heteroatoms. The Hall–Kier alpha value is -5.45. The lowest BCUT2D eigenvalue weighted by molar-refractivity contribution is -0.0862.